The lowest BCUT2D eigenvalue weighted by atomic mass is 10.3. The molecule has 0 aliphatic carbocycles. The molecule has 1 aliphatic heterocycles. The minimum absolute atomic E-state index is 0.0540. The number of hydrogen-bond acceptors (Lipinski definition) is 3. The first-order valence-electron chi connectivity index (χ1n) is 7.04. The van der Waals surface area contributed by atoms with Crippen LogP contribution in [0.4, 0.5) is 18.9 Å². The molecule has 0 spiro atoms. The van der Waals surface area contributed by atoms with Gasteiger partial charge in [0.15, 0.2) is 5.96 Å². The number of carbonyl (C=O) groups excluding carboxylic acids is 1. The third-order valence-electron chi connectivity index (χ3n) is 3.18. The number of halogens is 3. The first-order valence-corrected chi connectivity index (χ1v) is 7.04. The number of alkyl halides is 3. The van der Waals surface area contributed by atoms with Crippen molar-refractivity contribution >= 4 is 17.6 Å². The predicted molar refractivity (Wildman–Crippen MR) is 79.1 cm³/mol. The number of benzene rings is 1. The Morgan fingerprint density at radius 1 is 1.35 bits per heavy atom. The number of carbonyl (C=O) groups is 1. The fourth-order valence-corrected chi connectivity index (χ4v) is 2.18. The fraction of sp³-hybridized carbons (Fsp3) is 0.429. The second-order valence-corrected chi connectivity index (χ2v) is 4.99. The van der Waals surface area contributed by atoms with Crippen LogP contribution < -0.4 is 15.8 Å². The van der Waals surface area contributed by atoms with Gasteiger partial charge in [0.2, 0.25) is 5.91 Å². The van der Waals surface area contributed by atoms with Gasteiger partial charge in [0.05, 0.1) is 0 Å². The Morgan fingerprint density at radius 2 is 2.04 bits per heavy atom. The zero-order chi connectivity index (χ0) is 16.9. The van der Waals surface area contributed by atoms with Gasteiger partial charge in [-0.25, -0.2) is 4.99 Å². The van der Waals surface area contributed by atoms with Crippen LogP contribution in [-0.4, -0.2) is 42.8 Å². The number of guanidine groups is 1. The maximum absolute atomic E-state index is 12.2. The zero-order valence-corrected chi connectivity index (χ0v) is 12.3. The molecule has 1 aromatic carbocycles. The molecule has 0 unspecified atom stereocenters. The zero-order valence-electron chi connectivity index (χ0n) is 12.3. The normalized spacial score (nSPS) is 15.6. The number of nitrogens with two attached hydrogens (primary N) is 1. The van der Waals surface area contributed by atoms with E-state index in [1.54, 1.807) is 4.90 Å². The number of aliphatic imine (C=N–C) groups is 1. The highest BCUT2D eigenvalue weighted by Crippen LogP contribution is 2.24. The van der Waals surface area contributed by atoms with E-state index in [9.17, 15) is 18.0 Å². The lowest BCUT2D eigenvalue weighted by Crippen LogP contribution is -2.31. The standard InChI is InChI=1S/C14H17F3N4O2/c15-14(16,17)23-11-5-3-4-10(8-11)20-13(18)19-9-12(22)21-6-1-2-7-21/h3-5,8H,1-2,6-7,9H2,(H3,18,19,20). The van der Waals surface area contributed by atoms with Gasteiger partial charge in [0.1, 0.15) is 12.3 Å². The second kappa shape index (κ2) is 7.21. The van der Waals surface area contributed by atoms with Crippen molar-refractivity contribution in [3.8, 4) is 5.75 Å². The number of rotatable bonds is 4. The van der Waals surface area contributed by atoms with Gasteiger partial charge in [0.25, 0.3) is 0 Å². The summed E-state index contributed by atoms with van der Waals surface area (Å²) in [5.41, 5.74) is 5.91. The van der Waals surface area contributed by atoms with Crippen molar-refractivity contribution in [2.24, 2.45) is 10.7 Å². The molecule has 1 saturated heterocycles. The molecule has 1 aromatic rings. The van der Waals surface area contributed by atoms with Gasteiger partial charge in [-0.1, -0.05) is 6.07 Å². The van der Waals surface area contributed by atoms with Gasteiger partial charge in [-0.05, 0) is 25.0 Å². The lowest BCUT2D eigenvalue weighted by Gasteiger charge is -2.14. The number of ether oxygens (including phenoxy) is 1. The van der Waals surface area contributed by atoms with Crippen LogP contribution in [0.15, 0.2) is 29.3 Å². The molecule has 0 radical (unpaired) electrons. The summed E-state index contributed by atoms with van der Waals surface area (Å²) in [6, 6.07) is 5.20. The van der Waals surface area contributed by atoms with Crippen LogP contribution in [0.5, 0.6) is 5.75 Å². The monoisotopic (exact) mass is 330 g/mol. The molecule has 23 heavy (non-hydrogen) atoms. The van der Waals surface area contributed by atoms with E-state index in [1.165, 1.54) is 18.2 Å². The molecule has 1 heterocycles. The summed E-state index contributed by atoms with van der Waals surface area (Å²) in [5.74, 6) is -0.549. The Bertz CT molecular complexity index is 584. The van der Waals surface area contributed by atoms with Crippen LogP contribution in [-0.2, 0) is 4.79 Å². The molecular weight excluding hydrogens is 313 g/mol. The van der Waals surface area contributed by atoms with Gasteiger partial charge in [0, 0.05) is 24.8 Å². The van der Waals surface area contributed by atoms with Crippen molar-refractivity contribution in [3.05, 3.63) is 24.3 Å². The number of anilines is 1. The van der Waals surface area contributed by atoms with E-state index in [2.05, 4.69) is 15.0 Å². The molecule has 0 saturated carbocycles. The van der Waals surface area contributed by atoms with Crippen molar-refractivity contribution in [3.63, 3.8) is 0 Å². The lowest BCUT2D eigenvalue weighted by molar-refractivity contribution is -0.274. The Morgan fingerprint density at radius 3 is 2.70 bits per heavy atom. The van der Waals surface area contributed by atoms with Crippen molar-refractivity contribution in [2.75, 3.05) is 25.0 Å². The predicted octanol–water partition coefficient (Wildman–Crippen LogP) is 1.93. The quantitative estimate of drug-likeness (QED) is 0.653. The van der Waals surface area contributed by atoms with Crippen LogP contribution in [0.3, 0.4) is 0 Å². The highest BCUT2D eigenvalue weighted by Gasteiger charge is 2.31. The molecular formula is C14H17F3N4O2. The topological polar surface area (TPSA) is 80.0 Å². The number of nitrogens with one attached hydrogen (secondary N) is 1. The third kappa shape index (κ3) is 5.68. The van der Waals surface area contributed by atoms with E-state index in [-0.39, 0.29) is 29.8 Å². The molecule has 0 atom stereocenters. The number of hydrogen-bond donors (Lipinski definition) is 2. The minimum Gasteiger partial charge on any atom is -0.406 e. The molecule has 126 valence electrons. The molecule has 6 nitrogen and oxygen atoms in total. The summed E-state index contributed by atoms with van der Waals surface area (Å²) in [5, 5.41) is 2.62. The Balaban J connectivity index is 1.91. The van der Waals surface area contributed by atoms with Gasteiger partial charge in [-0.3, -0.25) is 4.79 Å². The second-order valence-electron chi connectivity index (χ2n) is 4.99. The maximum atomic E-state index is 12.2. The van der Waals surface area contributed by atoms with Gasteiger partial charge in [-0.15, -0.1) is 13.2 Å². The fourth-order valence-electron chi connectivity index (χ4n) is 2.18. The van der Waals surface area contributed by atoms with E-state index in [0.29, 0.717) is 0 Å². The summed E-state index contributed by atoms with van der Waals surface area (Å²) in [6.07, 6.45) is -2.80. The summed E-state index contributed by atoms with van der Waals surface area (Å²) in [6.45, 7) is 1.34. The minimum atomic E-state index is -4.76. The molecule has 1 aliphatic rings. The highest BCUT2D eigenvalue weighted by atomic mass is 19.4. The van der Waals surface area contributed by atoms with Gasteiger partial charge in [-0.2, -0.15) is 0 Å². The summed E-state index contributed by atoms with van der Waals surface area (Å²) in [4.78, 5) is 17.4. The molecule has 2 rings (SSSR count). The molecule has 0 aromatic heterocycles. The van der Waals surface area contributed by atoms with E-state index < -0.39 is 6.36 Å². The van der Waals surface area contributed by atoms with Crippen LogP contribution in [0.2, 0.25) is 0 Å². The van der Waals surface area contributed by atoms with Crippen molar-refractivity contribution < 1.29 is 22.7 Å². The summed E-state index contributed by atoms with van der Waals surface area (Å²) >= 11 is 0. The Hall–Kier alpha value is -2.45. The van der Waals surface area contributed by atoms with Crippen molar-refractivity contribution in [1.82, 2.24) is 4.90 Å². The first-order chi connectivity index (χ1) is 10.8. The van der Waals surface area contributed by atoms with Crippen LogP contribution >= 0.6 is 0 Å². The van der Waals surface area contributed by atoms with E-state index >= 15 is 0 Å². The molecule has 3 N–H and O–H groups in total. The van der Waals surface area contributed by atoms with Crippen LogP contribution in [0, 0.1) is 0 Å². The smallest absolute Gasteiger partial charge is 0.406 e. The largest absolute Gasteiger partial charge is 0.573 e. The SMILES string of the molecule is NC(=NCC(=O)N1CCCC1)Nc1cccc(OC(F)(F)F)c1. The van der Waals surface area contributed by atoms with E-state index in [0.717, 1.165) is 32.0 Å². The van der Waals surface area contributed by atoms with Crippen LogP contribution in [0.1, 0.15) is 12.8 Å². The average molecular weight is 330 g/mol. The number of nitrogens with zero attached hydrogens (tertiary/aromatic N) is 2. The van der Waals surface area contributed by atoms with Crippen molar-refractivity contribution in [1.29, 1.82) is 0 Å². The maximum Gasteiger partial charge on any atom is 0.573 e. The van der Waals surface area contributed by atoms with Gasteiger partial charge < -0.3 is 20.7 Å². The van der Waals surface area contributed by atoms with E-state index in [4.69, 9.17) is 5.73 Å². The average Bonchev–Trinajstić information content (AvgIpc) is 2.97. The molecule has 0 bridgehead atoms. The van der Waals surface area contributed by atoms with Crippen LogP contribution in [0.25, 0.3) is 0 Å². The van der Waals surface area contributed by atoms with Crippen molar-refractivity contribution in [2.45, 2.75) is 19.2 Å². The van der Waals surface area contributed by atoms with Gasteiger partial charge >= 0.3 is 6.36 Å². The molecule has 1 amide bonds. The summed E-state index contributed by atoms with van der Waals surface area (Å²) in [7, 11) is 0. The molecule has 1 fully saturated rings. The number of amides is 1. The highest BCUT2D eigenvalue weighted by molar-refractivity contribution is 5.94. The Labute approximate surface area is 131 Å². The summed E-state index contributed by atoms with van der Waals surface area (Å²) < 4.78 is 40.3. The number of likely N-dealkylation sites (tertiary alicyclic amines) is 1. The third-order valence-corrected chi connectivity index (χ3v) is 3.18. The van der Waals surface area contributed by atoms with E-state index in [1.807, 2.05) is 0 Å². The Kier molecular flexibility index (Phi) is 5.30. The first kappa shape index (κ1) is 16.9. The molecule has 9 heteroatoms.